The summed E-state index contributed by atoms with van der Waals surface area (Å²) in [7, 11) is -2.02. The van der Waals surface area contributed by atoms with Gasteiger partial charge >= 0.3 is 6.09 Å². The highest BCUT2D eigenvalue weighted by Gasteiger charge is 2.21. The third-order valence-corrected chi connectivity index (χ3v) is 4.59. The molecule has 1 fully saturated rings. The topological polar surface area (TPSA) is 84.9 Å². The molecule has 1 saturated heterocycles. The van der Waals surface area contributed by atoms with Gasteiger partial charge in [-0.15, -0.1) is 0 Å². The first-order valence-corrected chi connectivity index (χ1v) is 8.07. The van der Waals surface area contributed by atoms with E-state index in [0.29, 0.717) is 31.9 Å². The van der Waals surface area contributed by atoms with Crippen LogP contribution in [-0.2, 0) is 14.8 Å². The van der Waals surface area contributed by atoms with Crippen LogP contribution in [0.3, 0.4) is 0 Å². The van der Waals surface area contributed by atoms with Crippen LogP contribution in [0.5, 0.6) is 5.75 Å². The van der Waals surface area contributed by atoms with Gasteiger partial charge in [0.05, 0.1) is 18.6 Å². The summed E-state index contributed by atoms with van der Waals surface area (Å²) in [5.41, 5.74) is 0. The summed E-state index contributed by atoms with van der Waals surface area (Å²) in [6.07, 6.45) is 0.192. The van der Waals surface area contributed by atoms with Gasteiger partial charge < -0.3 is 14.4 Å². The van der Waals surface area contributed by atoms with Crippen LogP contribution in [0.1, 0.15) is 6.42 Å². The number of hydrogen-bond donors (Lipinski definition) is 1. The van der Waals surface area contributed by atoms with Gasteiger partial charge in [-0.1, -0.05) is 0 Å². The number of nitrogens with one attached hydrogen (secondary N) is 1. The van der Waals surface area contributed by atoms with Gasteiger partial charge in [0.2, 0.25) is 10.0 Å². The summed E-state index contributed by atoms with van der Waals surface area (Å²) in [6, 6.07) is 6.15. The number of rotatable bonds is 7. The number of cyclic esters (lactones) is 1. The molecule has 1 aliphatic heterocycles. The van der Waals surface area contributed by atoms with Crippen LogP contribution in [0, 0.1) is 0 Å². The molecule has 7 nitrogen and oxygen atoms in total. The Morgan fingerprint density at radius 3 is 2.62 bits per heavy atom. The van der Waals surface area contributed by atoms with Crippen LogP contribution in [-0.4, -0.2) is 52.8 Å². The molecule has 0 aromatic heterocycles. The number of ether oxygens (including phenoxy) is 2. The van der Waals surface area contributed by atoms with E-state index in [1.165, 1.54) is 19.2 Å². The van der Waals surface area contributed by atoms with Gasteiger partial charge in [0, 0.05) is 13.1 Å². The monoisotopic (exact) mass is 314 g/mol. The average Bonchev–Trinajstić information content (AvgIpc) is 2.89. The van der Waals surface area contributed by atoms with Crippen molar-refractivity contribution in [3.8, 4) is 5.75 Å². The van der Waals surface area contributed by atoms with Crippen LogP contribution in [0.25, 0.3) is 0 Å². The van der Waals surface area contributed by atoms with Crippen molar-refractivity contribution in [1.82, 2.24) is 9.62 Å². The van der Waals surface area contributed by atoms with Crippen molar-refractivity contribution in [2.75, 3.05) is 33.4 Å². The van der Waals surface area contributed by atoms with Crippen LogP contribution in [0.4, 0.5) is 4.79 Å². The molecule has 1 amide bonds. The molecule has 0 spiro atoms. The molecule has 8 heteroatoms. The zero-order valence-electron chi connectivity index (χ0n) is 11.7. The first-order chi connectivity index (χ1) is 10.0. The highest BCUT2D eigenvalue weighted by molar-refractivity contribution is 7.89. The standard InChI is InChI=1S/C13H18N2O5S/c1-19-11-3-5-12(6-4-11)21(17,18)14-7-2-8-15-9-10-20-13(15)16/h3-6,14H,2,7-10H2,1H3. The van der Waals surface area contributed by atoms with Gasteiger partial charge in [-0.2, -0.15) is 0 Å². The number of nitrogens with zero attached hydrogens (tertiary/aromatic N) is 1. The van der Waals surface area contributed by atoms with Crippen molar-refractivity contribution < 1.29 is 22.7 Å². The Hall–Kier alpha value is -1.80. The zero-order chi connectivity index (χ0) is 15.3. The fourth-order valence-corrected chi connectivity index (χ4v) is 3.02. The summed E-state index contributed by atoms with van der Waals surface area (Å²) in [4.78, 5) is 12.9. The van der Waals surface area contributed by atoms with Crippen molar-refractivity contribution in [2.45, 2.75) is 11.3 Å². The second-order valence-corrected chi connectivity index (χ2v) is 6.30. The summed E-state index contributed by atoms with van der Waals surface area (Å²) >= 11 is 0. The molecule has 1 heterocycles. The Bertz CT molecular complexity index is 585. The summed E-state index contributed by atoms with van der Waals surface area (Å²) in [6.45, 7) is 1.70. The summed E-state index contributed by atoms with van der Waals surface area (Å²) in [5.74, 6) is 0.599. The molecule has 1 aromatic carbocycles. The smallest absolute Gasteiger partial charge is 0.409 e. The molecular weight excluding hydrogens is 296 g/mol. The highest BCUT2D eigenvalue weighted by Crippen LogP contribution is 2.15. The Morgan fingerprint density at radius 2 is 2.05 bits per heavy atom. The maximum atomic E-state index is 12.0. The molecule has 1 aromatic rings. The van der Waals surface area contributed by atoms with Crippen LogP contribution >= 0.6 is 0 Å². The third-order valence-electron chi connectivity index (χ3n) is 3.11. The van der Waals surface area contributed by atoms with Crippen molar-refractivity contribution >= 4 is 16.1 Å². The first kappa shape index (κ1) is 15.6. The van der Waals surface area contributed by atoms with E-state index >= 15 is 0 Å². The lowest BCUT2D eigenvalue weighted by molar-refractivity contribution is 0.158. The quantitative estimate of drug-likeness (QED) is 0.753. The van der Waals surface area contributed by atoms with Crippen LogP contribution in [0.15, 0.2) is 29.2 Å². The van der Waals surface area contributed by atoms with Crippen LogP contribution in [0.2, 0.25) is 0 Å². The summed E-state index contributed by atoms with van der Waals surface area (Å²) in [5, 5.41) is 0. The molecule has 21 heavy (non-hydrogen) atoms. The highest BCUT2D eigenvalue weighted by atomic mass is 32.2. The normalized spacial score (nSPS) is 15.1. The lowest BCUT2D eigenvalue weighted by atomic mass is 10.3. The number of sulfonamides is 1. The van der Waals surface area contributed by atoms with Gasteiger partial charge in [0.1, 0.15) is 12.4 Å². The second kappa shape index (κ2) is 6.77. The van der Waals surface area contributed by atoms with Gasteiger partial charge in [-0.3, -0.25) is 0 Å². The van der Waals surface area contributed by atoms with Crippen molar-refractivity contribution in [3.05, 3.63) is 24.3 Å². The molecule has 0 aliphatic carbocycles. The van der Waals surface area contributed by atoms with E-state index < -0.39 is 10.0 Å². The van der Waals surface area contributed by atoms with Crippen molar-refractivity contribution in [1.29, 1.82) is 0 Å². The fourth-order valence-electron chi connectivity index (χ4n) is 1.94. The van der Waals surface area contributed by atoms with Gasteiger partial charge in [-0.25, -0.2) is 17.9 Å². The number of benzene rings is 1. The lowest BCUT2D eigenvalue weighted by Crippen LogP contribution is -2.30. The molecule has 2 rings (SSSR count). The predicted molar refractivity (Wildman–Crippen MR) is 75.7 cm³/mol. The van der Waals surface area contributed by atoms with Gasteiger partial charge in [-0.05, 0) is 30.7 Å². The van der Waals surface area contributed by atoms with E-state index in [-0.39, 0.29) is 17.5 Å². The van der Waals surface area contributed by atoms with E-state index in [1.807, 2.05) is 0 Å². The molecule has 0 atom stereocenters. The minimum Gasteiger partial charge on any atom is -0.497 e. The van der Waals surface area contributed by atoms with E-state index in [0.717, 1.165) is 0 Å². The molecule has 116 valence electrons. The van der Waals surface area contributed by atoms with E-state index in [2.05, 4.69) is 4.72 Å². The molecule has 0 unspecified atom stereocenters. The number of carbonyl (C=O) groups is 1. The number of amides is 1. The zero-order valence-corrected chi connectivity index (χ0v) is 12.6. The third kappa shape index (κ3) is 4.08. The molecular formula is C13H18N2O5S. The van der Waals surface area contributed by atoms with Crippen molar-refractivity contribution in [2.24, 2.45) is 0 Å². The number of carbonyl (C=O) groups excluding carboxylic acids is 1. The van der Waals surface area contributed by atoms with Gasteiger partial charge in [0.25, 0.3) is 0 Å². The predicted octanol–water partition coefficient (Wildman–Crippen LogP) is 0.816. The number of methoxy groups -OCH3 is 1. The van der Waals surface area contributed by atoms with E-state index in [4.69, 9.17) is 9.47 Å². The Labute approximate surface area is 123 Å². The van der Waals surface area contributed by atoms with Gasteiger partial charge in [0.15, 0.2) is 0 Å². The van der Waals surface area contributed by atoms with Crippen molar-refractivity contribution in [3.63, 3.8) is 0 Å². The molecule has 0 saturated carbocycles. The molecule has 1 N–H and O–H groups in total. The Balaban J connectivity index is 1.81. The SMILES string of the molecule is COc1ccc(S(=O)(=O)NCCCN2CCOC2=O)cc1. The molecule has 0 bridgehead atoms. The number of hydrogen-bond acceptors (Lipinski definition) is 5. The largest absolute Gasteiger partial charge is 0.497 e. The maximum Gasteiger partial charge on any atom is 0.409 e. The average molecular weight is 314 g/mol. The molecule has 1 aliphatic rings. The van der Waals surface area contributed by atoms with E-state index in [9.17, 15) is 13.2 Å². The minimum atomic E-state index is -3.53. The summed E-state index contributed by atoms with van der Waals surface area (Å²) < 4.78 is 36.3. The Morgan fingerprint density at radius 1 is 1.33 bits per heavy atom. The minimum absolute atomic E-state index is 0.184. The lowest BCUT2D eigenvalue weighted by Gasteiger charge is -2.12. The second-order valence-electron chi connectivity index (χ2n) is 4.53. The van der Waals surface area contributed by atoms with Crippen LogP contribution < -0.4 is 9.46 Å². The van der Waals surface area contributed by atoms with E-state index in [1.54, 1.807) is 17.0 Å². The fraction of sp³-hybridized carbons (Fsp3) is 0.462. The maximum absolute atomic E-state index is 12.0. The Kier molecular flexibility index (Phi) is 5.03. The molecule has 0 radical (unpaired) electrons. The first-order valence-electron chi connectivity index (χ1n) is 6.58.